The zero-order valence-corrected chi connectivity index (χ0v) is 8.01. The summed E-state index contributed by atoms with van der Waals surface area (Å²) in [6.45, 7) is 0.283. The molecule has 0 aliphatic heterocycles. The monoisotopic (exact) mass is 175 g/mol. The van der Waals surface area contributed by atoms with Crippen LogP contribution in [0.5, 0.6) is 0 Å². The minimum atomic E-state index is -2.68. The molecule has 2 N–H and O–H groups in total. The SMILES string of the molecule is CO[Si](C#CCN)(OC)OC. The first-order chi connectivity index (χ1) is 5.24. The van der Waals surface area contributed by atoms with E-state index in [9.17, 15) is 0 Å². The quantitative estimate of drug-likeness (QED) is 0.458. The van der Waals surface area contributed by atoms with E-state index in [1.807, 2.05) is 0 Å². The van der Waals surface area contributed by atoms with Gasteiger partial charge >= 0.3 is 8.80 Å². The van der Waals surface area contributed by atoms with Crippen molar-refractivity contribution in [1.29, 1.82) is 0 Å². The predicted molar refractivity (Wildman–Crippen MR) is 43.6 cm³/mol. The van der Waals surface area contributed by atoms with E-state index in [1.165, 1.54) is 21.3 Å². The van der Waals surface area contributed by atoms with Gasteiger partial charge in [0.25, 0.3) is 0 Å². The van der Waals surface area contributed by atoms with Crippen LogP contribution in [0.3, 0.4) is 0 Å². The van der Waals surface area contributed by atoms with E-state index in [4.69, 9.17) is 19.0 Å². The summed E-state index contributed by atoms with van der Waals surface area (Å²) < 4.78 is 15.0. The highest BCUT2D eigenvalue weighted by atomic mass is 28.4. The molecular formula is C6H13NO3Si. The lowest BCUT2D eigenvalue weighted by atomic mass is 10.7. The average molecular weight is 175 g/mol. The molecule has 11 heavy (non-hydrogen) atoms. The first-order valence-corrected chi connectivity index (χ1v) is 4.82. The number of rotatable bonds is 3. The topological polar surface area (TPSA) is 53.7 Å². The molecule has 64 valence electrons. The molecule has 0 saturated carbocycles. The van der Waals surface area contributed by atoms with Crippen molar-refractivity contribution in [3.8, 4) is 11.5 Å². The first-order valence-electron chi connectivity index (χ1n) is 3.10. The third kappa shape index (κ3) is 3.01. The van der Waals surface area contributed by atoms with Crippen LogP contribution in [0.4, 0.5) is 0 Å². The van der Waals surface area contributed by atoms with Crippen molar-refractivity contribution in [1.82, 2.24) is 0 Å². The highest BCUT2D eigenvalue weighted by molar-refractivity contribution is 6.69. The van der Waals surface area contributed by atoms with Gasteiger partial charge in [-0.3, -0.25) is 0 Å². The van der Waals surface area contributed by atoms with Crippen LogP contribution in [0.1, 0.15) is 0 Å². The maximum absolute atomic E-state index is 5.18. The van der Waals surface area contributed by atoms with Gasteiger partial charge in [-0.25, -0.2) is 0 Å². The summed E-state index contributed by atoms with van der Waals surface area (Å²) in [6.07, 6.45) is 0. The van der Waals surface area contributed by atoms with Crippen molar-refractivity contribution in [3.05, 3.63) is 0 Å². The molecule has 0 atom stereocenters. The van der Waals surface area contributed by atoms with Crippen molar-refractivity contribution in [2.75, 3.05) is 27.9 Å². The molecule has 5 heteroatoms. The van der Waals surface area contributed by atoms with Crippen LogP contribution in [-0.4, -0.2) is 36.7 Å². The van der Waals surface area contributed by atoms with E-state index in [0.29, 0.717) is 0 Å². The number of nitrogens with two attached hydrogens (primary N) is 1. The zero-order valence-electron chi connectivity index (χ0n) is 7.01. The van der Waals surface area contributed by atoms with Crippen molar-refractivity contribution in [2.45, 2.75) is 0 Å². The Morgan fingerprint density at radius 3 is 1.91 bits per heavy atom. The van der Waals surface area contributed by atoms with E-state index < -0.39 is 8.80 Å². The molecule has 0 aromatic carbocycles. The van der Waals surface area contributed by atoms with Crippen LogP contribution in [0.2, 0.25) is 0 Å². The third-order valence-corrected chi connectivity index (χ3v) is 3.25. The van der Waals surface area contributed by atoms with Gasteiger partial charge in [0, 0.05) is 21.3 Å². The molecule has 0 aliphatic carbocycles. The molecule has 0 aromatic rings. The molecule has 0 aromatic heterocycles. The predicted octanol–water partition coefficient (Wildman–Crippen LogP) is -0.634. The summed E-state index contributed by atoms with van der Waals surface area (Å²) >= 11 is 0. The molecule has 4 nitrogen and oxygen atoms in total. The minimum absolute atomic E-state index is 0.283. The largest absolute Gasteiger partial charge is 0.590 e. The molecule has 0 saturated heterocycles. The Bertz CT molecular complexity index is 151. The summed E-state index contributed by atoms with van der Waals surface area (Å²) in [4.78, 5) is 0. The number of hydrogen-bond acceptors (Lipinski definition) is 4. The van der Waals surface area contributed by atoms with Gasteiger partial charge < -0.3 is 19.0 Å². The second-order valence-electron chi connectivity index (χ2n) is 1.67. The fourth-order valence-electron chi connectivity index (χ4n) is 0.562. The maximum atomic E-state index is 5.18. The molecule has 0 spiro atoms. The molecular weight excluding hydrogens is 162 g/mol. The van der Waals surface area contributed by atoms with Crippen molar-refractivity contribution in [3.63, 3.8) is 0 Å². The standard InChI is InChI=1S/C6H13NO3Si/c1-8-11(9-2,10-3)6-4-5-7/h5,7H2,1-3H3. The highest BCUT2D eigenvalue weighted by Gasteiger charge is 2.36. The van der Waals surface area contributed by atoms with Crippen LogP contribution >= 0.6 is 0 Å². The second-order valence-corrected chi connectivity index (χ2v) is 4.26. The van der Waals surface area contributed by atoms with Gasteiger partial charge in [0.1, 0.15) is 0 Å². The van der Waals surface area contributed by atoms with Crippen LogP contribution in [0.15, 0.2) is 0 Å². The van der Waals surface area contributed by atoms with Crippen LogP contribution in [0.25, 0.3) is 0 Å². The normalized spacial score (nSPS) is 10.5. The van der Waals surface area contributed by atoms with E-state index in [2.05, 4.69) is 11.5 Å². The fraction of sp³-hybridized carbons (Fsp3) is 0.667. The fourth-order valence-corrected chi connectivity index (χ4v) is 1.69. The van der Waals surface area contributed by atoms with Gasteiger partial charge in [0.2, 0.25) is 0 Å². The Balaban J connectivity index is 4.28. The summed E-state index contributed by atoms with van der Waals surface area (Å²) in [5, 5.41) is 0. The molecule has 0 heterocycles. The first kappa shape index (κ1) is 10.6. The Kier molecular flexibility index (Phi) is 5.11. The van der Waals surface area contributed by atoms with Crippen molar-refractivity contribution in [2.24, 2.45) is 5.73 Å². The molecule has 0 rings (SSSR count). The Morgan fingerprint density at radius 1 is 1.18 bits per heavy atom. The summed E-state index contributed by atoms with van der Waals surface area (Å²) in [5.74, 6) is 2.66. The zero-order chi connectivity index (χ0) is 8.74. The smallest absolute Gasteiger partial charge is 0.367 e. The van der Waals surface area contributed by atoms with E-state index in [-0.39, 0.29) is 6.54 Å². The number of hydrogen-bond donors (Lipinski definition) is 1. The van der Waals surface area contributed by atoms with E-state index >= 15 is 0 Å². The summed E-state index contributed by atoms with van der Waals surface area (Å²) in [6, 6.07) is 0. The molecule has 0 fully saturated rings. The van der Waals surface area contributed by atoms with Crippen molar-refractivity contribution >= 4 is 8.80 Å². The van der Waals surface area contributed by atoms with Gasteiger partial charge in [0.05, 0.1) is 6.54 Å². The van der Waals surface area contributed by atoms with Gasteiger partial charge in [0.15, 0.2) is 0 Å². The Morgan fingerprint density at radius 2 is 1.64 bits per heavy atom. The average Bonchev–Trinajstić information content (AvgIpc) is 2.08. The highest BCUT2D eigenvalue weighted by Crippen LogP contribution is 2.02. The summed E-state index contributed by atoms with van der Waals surface area (Å²) in [7, 11) is 1.83. The lowest BCUT2D eigenvalue weighted by Crippen LogP contribution is -2.41. The third-order valence-electron chi connectivity index (χ3n) is 1.15. The van der Waals surface area contributed by atoms with Crippen molar-refractivity contribution < 1.29 is 13.3 Å². The van der Waals surface area contributed by atoms with Gasteiger partial charge in [-0.1, -0.05) is 5.92 Å². The van der Waals surface area contributed by atoms with E-state index in [0.717, 1.165) is 0 Å². The lowest BCUT2D eigenvalue weighted by molar-refractivity contribution is 0.141. The van der Waals surface area contributed by atoms with Gasteiger partial charge in [-0.2, -0.15) is 0 Å². The molecule has 0 aliphatic rings. The van der Waals surface area contributed by atoms with Gasteiger partial charge in [-0.05, 0) is 5.54 Å². The summed E-state index contributed by atoms with van der Waals surface area (Å²) in [5.41, 5.74) is 7.91. The van der Waals surface area contributed by atoms with E-state index in [1.54, 1.807) is 0 Å². The minimum Gasteiger partial charge on any atom is -0.367 e. The second kappa shape index (κ2) is 5.29. The Hall–Kier alpha value is -0.383. The Labute approximate surface area is 68.0 Å². The van der Waals surface area contributed by atoms with Crippen LogP contribution in [0, 0.1) is 11.5 Å². The van der Waals surface area contributed by atoms with Crippen LogP contribution in [-0.2, 0) is 13.3 Å². The molecule has 0 radical (unpaired) electrons. The van der Waals surface area contributed by atoms with Gasteiger partial charge in [-0.15, -0.1) is 0 Å². The molecule has 0 amide bonds. The molecule has 0 unspecified atom stereocenters. The maximum Gasteiger partial charge on any atom is 0.590 e. The van der Waals surface area contributed by atoms with Crippen LogP contribution < -0.4 is 5.73 Å². The lowest BCUT2D eigenvalue weighted by Gasteiger charge is -2.17. The molecule has 0 bridgehead atoms.